The highest BCUT2D eigenvalue weighted by molar-refractivity contribution is 7.80. The van der Waals surface area contributed by atoms with Gasteiger partial charge in [-0.05, 0) is 70.6 Å². The molecule has 74 heavy (non-hydrogen) atoms. The first-order valence-electron chi connectivity index (χ1n) is 29.3. The summed E-state index contributed by atoms with van der Waals surface area (Å²) in [5, 5.41) is 30.9. The summed E-state index contributed by atoms with van der Waals surface area (Å²) in [6.45, 7) is 3.84. The third kappa shape index (κ3) is 43.4. The van der Waals surface area contributed by atoms with E-state index in [2.05, 4.69) is 103 Å². The van der Waals surface area contributed by atoms with E-state index in [4.69, 9.17) is 18.9 Å². The van der Waals surface area contributed by atoms with Crippen molar-refractivity contribution < 1.29 is 56.2 Å². The zero-order valence-corrected chi connectivity index (χ0v) is 47.2. The molecule has 1 rings (SSSR count). The van der Waals surface area contributed by atoms with Crippen molar-refractivity contribution in [2.45, 2.75) is 269 Å². The molecule has 0 spiro atoms. The molecule has 0 aliphatic carbocycles. The Bertz CT molecular complexity index is 1600. The number of aliphatic hydroxyl groups excluding tert-OH is 3. The molecule has 1 aliphatic heterocycles. The SMILES string of the molecule is CC/C=C\C/C=C\C/C=C\C/C=C\C/C=C\C/C=C\C/C=C\CCCCCCOCC(COC1OC(CO)C(O)C(OS(=O)(=O)O)C1O)OC(=O)CCCCCCCCCCCCCCCCCCCCCCC. The fourth-order valence-corrected chi connectivity index (χ4v) is 9.16. The summed E-state index contributed by atoms with van der Waals surface area (Å²) < 4.78 is 59.4. The van der Waals surface area contributed by atoms with E-state index in [9.17, 15) is 33.1 Å². The van der Waals surface area contributed by atoms with Gasteiger partial charge in [0.25, 0.3) is 0 Å². The maximum absolute atomic E-state index is 13.0. The lowest BCUT2D eigenvalue weighted by Gasteiger charge is -2.41. The van der Waals surface area contributed by atoms with E-state index in [0.29, 0.717) is 13.0 Å². The van der Waals surface area contributed by atoms with E-state index in [-0.39, 0.29) is 19.6 Å². The van der Waals surface area contributed by atoms with E-state index in [1.807, 2.05) is 0 Å². The highest BCUT2D eigenvalue weighted by Crippen LogP contribution is 2.26. The second-order valence-electron chi connectivity index (χ2n) is 19.9. The van der Waals surface area contributed by atoms with Crippen LogP contribution in [0.4, 0.5) is 0 Å². The Morgan fingerprint density at radius 3 is 1.36 bits per heavy atom. The van der Waals surface area contributed by atoms with Crippen molar-refractivity contribution >= 4 is 16.4 Å². The van der Waals surface area contributed by atoms with Crippen molar-refractivity contribution in [3.8, 4) is 0 Å². The Morgan fingerprint density at radius 2 is 0.932 bits per heavy atom. The zero-order valence-electron chi connectivity index (χ0n) is 46.4. The Balaban J connectivity index is 2.33. The Morgan fingerprint density at radius 1 is 0.527 bits per heavy atom. The first kappa shape index (κ1) is 69.3. The Hall–Kier alpha value is -2.72. The van der Waals surface area contributed by atoms with E-state index >= 15 is 0 Å². The number of hydrogen-bond donors (Lipinski definition) is 4. The van der Waals surface area contributed by atoms with Crippen LogP contribution in [0.25, 0.3) is 0 Å². The lowest BCUT2D eigenvalue weighted by molar-refractivity contribution is -0.301. The van der Waals surface area contributed by atoms with E-state index in [1.165, 1.54) is 109 Å². The lowest BCUT2D eigenvalue weighted by atomic mass is 9.99. The third-order valence-corrected chi connectivity index (χ3v) is 13.5. The van der Waals surface area contributed by atoms with Crippen LogP contribution in [0, 0.1) is 0 Å². The fraction of sp³-hybridized carbons (Fsp3) is 0.754. The predicted molar refractivity (Wildman–Crippen MR) is 303 cm³/mol. The molecule has 4 N–H and O–H groups in total. The minimum absolute atomic E-state index is 0.0161. The molecule has 0 bridgehead atoms. The molecular weight excluding hydrogens is 957 g/mol. The molecule has 428 valence electrons. The summed E-state index contributed by atoms with van der Waals surface area (Å²) in [7, 11) is -5.08. The van der Waals surface area contributed by atoms with Gasteiger partial charge in [-0.2, -0.15) is 8.42 Å². The van der Waals surface area contributed by atoms with Crippen molar-refractivity contribution in [1.29, 1.82) is 0 Å². The van der Waals surface area contributed by atoms with Crippen LogP contribution in [0.15, 0.2) is 85.1 Å². The van der Waals surface area contributed by atoms with Gasteiger partial charge < -0.3 is 34.3 Å². The number of allylic oxidation sites excluding steroid dienone is 14. The van der Waals surface area contributed by atoms with Crippen LogP contribution in [-0.4, -0.2) is 97.5 Å². The van der Waals surface area contributed by atoms with E-state index in [1.54, 1.807) is 0 Å². The normalized spacial score (nSPS) is 19.4. The molecule has 1 heterocycles. The highest BCUT2D eigenvalue weighted by Gasteiger charge is 2.48. The molecule has 12 nitrogen and oxygen atoms in total. The first-order valence-corrected chi connectivity index (χ1v) is 30.7. The van der Waals surface area contributed by atoms with Gasteiger partial charge >= 0.3 is 16.4 Å². The summed E-state index contributed by atoms with van der Waals surface area (Å²) in [6.07, 6.45) is 60.5. The van der Waals surface area contributed by atoms with Crippen LogP contribution in [0.2, 0.25) is 0 Å². The van der Waals surface area contributed by atoms with Gasteiger partial charge in [0, 0.05) is 13.0 Å². The average molecular weight is 1060 g/mol. The van der Waals surface area contributed by atoms with Crippen LogP contribution in [-0.2, 0) is 38.3 Å². The first-order chi connectivity index (χ1) is 36.1. The van der Waals surface area contributed by atoms with Gasteiger partial charge in [-0.3, -0.25) is 9.35 Å². The fourth-order valence-electron chi connectivity index (χ4n) is 8.65. The van der Waals surface area contributed by atoms with Gasteiger partial charge in [0.1, 0.15) is 30.5 Å². The van der Waals surface area contributed by atoms with Crippen molar-refractivity contribution in [3.63, 3.8) is 0 Å². The molecule has 0 aromatic carbocycles. The van der Waals surface area contributed by atoms with Crippen molar-refractivity contribution in [2.75, 3.05) is 26.4 Å². The topological polar surface area (TPSA) is 178 Å². The van der Waals surface area contributed by atoms with Gasteiger partial charge in [0.15, 0.2) is 6.29 Å². The number of carbonyl (C=O) groups excluding carboxylic acids is 1. The number of hydrogen-bond acceptors (Lipinski definition) is 11. The van der Waals surface area contributed by atoms with Crippen molar-refractivity contribution in [3.05, 3.63) is 85.1 Å². The Kier molecular flexibility index (Phi) is 47.8. The second-order valence-corrected chi connectivity index (χ2v) is 20.9. The van der Waals surface area contributed by atoms with Crippen molar-refractivity contribution in [1.82, 2.24) is 0 Å². The van der Waals surface area contributed by atoms with Crippen molar-refractivity contribution in [2.24, 2.45) is 0 Å². The lowest BCUT2D eigenvalue weighted by Crippen LogP contribution is -2.60. The number of aliphatic hydroxyl groups is 3. The number of rotatable bonds is 51. The van der Waals surface area contributed by atoms with Gasteiger partial charge in [0.05, 0.1) is 19.8 Å². The molecule has 1 aliphatic rings. The molecule has 6 atom stereocenters. The molecule has 0 radical (unpaired) electrons. The Labute approximate surface area is 451 Å². The maximum atomic E-state index is 13.0. The molecule has 0 amide bonds. The quantitative estimate of drug-likeness (QED) is 0.0196. The maximum Gasteiger partial charge on any atom is 0.397 e. The summed E-state index contributed by atoms with van der Waals surface area (Å²) in [4.78, 5) is 13.0. The molecule has 0 aromatic heterocycles. The second kappa shape index (κ2) is 51.1. The molecular formula is C61H106O12S. The number of ether oxygens (including phenoxy) is 4. The number of unbranched alkanes of at least 4 members (excludes halogenated alkanes) is 24. The molecule has 13 heteroatoms. The van der Waals surface area contributed by atoms with Gasteiger partial charge in [-0.1, -0.05) is 240 Å². The molecule has 0 aromatic rings. The van der Waals surface area contributed by atoms with Gasteiger partial charge in [-0.25, -0.2) is 4.18 Å². The van der Waals surface area contributed by atoms with Crippen LogP contribution < -0.4 is 0 Å². The standard InChI is InChI=1S/C61H106O12S/c1-3-5-7-9-11-13-15-17-19-21-23-25-26-27-28-29-31-33-35-37-39-41-43-45-47-49-51-69-53-55(54-70-61-59(65)60(73-74(66,67)68)58(64)56(52-62)72-61)71-57(63)50-48-46-44-42-40-38-36-34-32-30-24-22-20-18-16-14-12-10-8-6-4-2/h5,7,11,13,17,19,23,25,27-28,31,33,37,39,55-56,58-62,64-65H,3-4,6,8-10,12,14-16,18,20-22,24,26,29-30,32,34-36,38,40-54H2,1-2H3,(H,66,67,68)/b7-5-,13-11-,19-17-,25-23-,28-27-,33-31-,39-37-. The summed E-state index contributed by atoms with van der Waals surface area (Å²) >= 11 is 0. The van der Waals surface area contributed by atoms with Crippen LogP contribution in [0.1, 0.15) is 232 Å². The predicted octanol–water partition coefficient (Wildman–Crippen LogP) is 14.8. The summed E-state index contributed by atoms with van der Waals surface area (Å²) in [6, 6.07) is 0. The monoisotopic (exact) mass is 1060 g/mol. The molecule has 1 saturated heterocycles. The number of esters is 1. The van der Waals surface area contributed by atoms with Crippen LogP contribution in [0.5, 0.6) is 0 Å². The molecule has 0 saturated carbocycles. The number of carbonyl (C=O) groups is 1. The van der Waals surface area contributed by atoms with Gasteiger partial charge in [0.2, 0.25) is 0 Å². The van der Waals surface area contributed by atoms with Gasteiger partial charge in [-0.15, -0.1) is 0 Å². The minimum Gasteiger partial charge on any atom is -0.457 e. The smallest absolute Gasteiger partial charge is 0.397 e. The largest absolute Gasteiger partial charge is 0.457 e. The minimum atomic E-state index is -5.08. The molecule has 6 unspecified atom stereocenters. The average Bonchev–Trinajstić information content (AvgIpc) is 3.38. The highest BCUT2D eigenvalue weighted by atomic mass is 32.3. The summed E-state index contributed by atoms with van der Waals surface area (Å²) in [5.41, 5.74) is 0. The van der Waals surface area contributed by atoms with E-state index in [0.717, 1.165) is 96.3 Å². The summed E-state index contributed by atoms with van der Waals surface area (Å²) in [5.74, 6) is -0.407. The third-order valence-electron chi connectivity index (χ3n) is 13.0. The van der Waals surface area contributed by atoms with Crippen LogP contribution >= 0.6 is 0 Å². The zero-order chi connectivity index (χ0) is 53.8. The molecule has 1 fully saturated rings. The van der Waals surface area contributed by atoms with E-state index < -0.39 is 59.8 Å². The van der Waals surface area contributed by atoms with Crippen LogP contribution in [0.3, 0.4) is 0 Å².